The molecular formula is C19H23N5O2S. The molecule has 1 saturated heterocycles. The third kappa shape index (κ3) is 3.29. The minimum absolute atomic E-state index is 0.0492. The zero-order valence-corrected chi connectivity index (χ0v) is 16.8. The molecule has 1 aliphatic rings. The van der Waals surface area contributed by atoms with Crippen LogP contribution in [-0.2, 0) is 7.05 Å². The Balaban J connectivity index is 1.73. The van der Waals surface area contributed by atoms with Gasteiger partial charge in [0.05, 0.1) is 33.7 Å². The third-order valence-electron chi connectivity index (χ3n) is 4.93. The summed E-state index contributed by atoms with van der Waals surface area (Å²) in [6.07, 6.45) is 4.90. The van der Waals surface area contributed by atoms with Crippen molar-refractivity contribution in [1.29, 1.82) is 0 Å². The molecule has 27 heavy (non-hydrogen) atoms. The van der Waals surface area contributed by atoms with E-state index in [2.05, 4.69) is 10.1 Å². The Morgan fingerprint density at radius 2 is 2.11 bits per heavy atom. The largest absolute Gasteiger partial charge is 0.356 e. The zero-order chi connectivity index (χ0) is 19.1. The van der Waals surface area contributed by atoms with Crippen molar-refractivity contribution >= 4 is 17.2 Å². The lowest BCUT2D eigenvalue weighted by molar-refractivity contribution is 0.0610. The van der Waals surface area contributed by atoms with Crippen LogP contribution in [0.2, 0.25) is 0 Å². The summed E-state index contributed by atoms with van der Waals surface area (Å²) >= 11 is 1.47. The van der Waals surface area contributed by atoms with Crippen molar-refractivity contribution in [3.63, 3.8) is 0 Å². The molecule has 0 unspecified atom stereocenters. The number of rotatable bonds is 3. The van der Waals surface area contributed by atoms with E-state index in [0.29, 0.717) is 5.76 Å². The van der Waals surface area contributed by atoms with Crippen LogP contribution in [0.3, 0.4) is 0 Å². The molecule has 4 rings (SSSR count). The second-order valence-electron chi connectivity index (χ2n) is 7.09. The average Bonchev–Trinajstić information content (AvgIpc) is 3.32. The maximum atomic E-state index is 13.3. The molecule has 7 nitrogen and oxygen atoms in total. The Hall–Kier alpha value is -2.48. The van der Waals surface area contributed by atoms with E-state index in [1.54, 1.807) is 4.68 Å². The number of hydrogen-bond donors (Lipinski definition) is 0. The van der Waals surface area contributed by atoms with Crippen molar-refractivity contribution in [2.75, 3.05) is 6.54 Å². The van der Waals surface area contributed by atoms with Gasteiger partial charge in [0.25, 0.3) is 5.91 Å². The van der Waals surface area contributed by atoms with E-state index < -0.39 is 0 Å². The maximum absolute atomic E-state index is 13.3. The second kappa shape index (κ2) is 6.92. The third-order valence-corrected chi connectivity index (χ3v) is 5.99. The topological polar surface area (TPSA) is 77.0 Å². The molecule has 0 aromatic carbocycles. The fourth-order valence-electron chi connectivity index (χ4n) is 3.75. The van der Waals surface area contributed by atoms with E-state index in [1.807, 2.05) is 45.0 Å². The Labute approximate surface area is 162 Å². The van der Waals surface area contributed by atoms with Crippen LogP contribution < -0.4 is 0 Å². The van der Waals surface area contributed by atoms with Crippen molar-refractivity contribution in [2.24, 2.45) is 7.05 Å². The number of carbonyl (C=O) groups excluding carboxylic acids is 1. The number of thiazole rings is 1. The van der Waals surface area contributed by atoms with E-state index in [4.69, 9.17) is 9.62 Å². The van der Waals surface area contributed by atoms with Crippen LogP contribution in [0.15, 0.2) is 16.8 Å². The molecule has 1 amide bonds. The molecule has 1 fully saturated rings. The summed E-state index contributed by atoms with van der Waals surface area (Å²) in [5, 5.41) is 9.62. The predicted octanol–water partition coefficient (Wildman–Crippen LogP) is 3.82. The molecule has 3 aromatic rings. The van der Waals surface area contributed by atoms with Gasteiger partial charge in [-0.25, -0.2) is 4.98 Å². The normalized spacial score (nSPS) is 17.5. The van der Waals surface area contributed by atoms with E-state index in [-0.39, 0.29) is 11.9 Å². The standard InChI is InChI=1S/C19H23N5O2S/c1-11-9-16(26-22-11)14-10-23(4)21-17(14)15-7-5-6-8-24(15)19(25)18-12(2)20-13(3)27-18/h9-10,15H,5-8H2,1-4H3/t15-/m1/s1. The molecule has 0 N–H and O–H groups in total. The SMILES string of the molecule is Cc1cc(-c2cn(C)nc2[C@H]2CCCCN2C(=O)c2sc(C)nc2C)on1. The fraction of sp³-hybridized carbons (Fsp3) is 0.474. The molecule has 0 bridgehead atoms. The highest BCUT2D eigenvalue weighted by molar-refractivity contribution is 7.13. The van der Waals surface area contributed by atoms with Gasteiger partial charge in [-0.2, -0.15) is 5.10 Å². The number of nitrogens with zero attached hydrogens (tertiary/aromatic N) is 5. The Morgan fingerprint density at radius 1 is 1.30 bits per heavy atom. The number of likely N-dealkylation sites (tertiary alicyclic amines) is 1. The van der Waals surface area contributed by atoms with E-state index >= 15 is 0 Å². The maximum Gasteiger partial charge on any atom is 0.266 e. The lowest BCUT2D eigenvalue weighted by Gasteiger charge is -2.35. The van der Waals surface area contributed by atoms with Gasteiger partial charge < -0.3 is 9.42 Å². The second-order valence-corrected chi connectivity index (χ2v) is 8.29. The summed E-state index contributed by atoms with van der Waals surface area (Å²) in [7, 11) is 1.89. The average molecular weight is 385 g/mol. The van der Waals surface area contributed by atoms with Crippen LogP contribution in [0.1, 0.15) is 57.1 Å². The molecule has 0 radical (unpaired) electrons. The molecule has 0 saturated carbocycles. The summed E-state index contributed by atoms with van der Waals surface area (Å²) in [4.78, 5) is 20.4. The lowest BCUT2D eigenvalue weighted by atomic mass is 9.96. The Bertz CT molecular complexity index is 986. The minimum Gasteiger partial charge on any atom is -0.356 e. The molecule has 142 valence electrons. The van der Waals surface area contributed by atoms with Crippen LogP contribution >= 0.6 is 11.3 Å². The molecule has 3 aromatic heterocycles. The number of piperidine rings is 1. The molecule has 8 heteroatoms. The van der Waals surface area contributed by atoms with Crippen molar-refractivity contribution in [3.05, 3.63) is 39.2 Å². The van der Waals surface area contributed by atoms with Gasteiger partial charge in [-0.1, -0.05) is 5.16 Å². The summed E-state index contributed by atoms with van der Waals surface area (Å²) in [5.74, 6) is 0.742. The summed E-state index contributed by atoms with van der Waals surface area (Å²) in [5.41, 5.74) is 3.41. The number of amides is 1. The number of hydrogen-bond acceptors (Lipinski definition) is 6. The van der Waals surface area contributed by atoms with Gasteiger partial charge in [0.15, 0.2) is 5.76 Å². The summed E-state index contributed by atoms with van der Waals surface area (Å²) < 4.78 is 7.26. The van der Waals surface area contributed by atoms with Gasteiger partial charge in [-0.15, -0.1) is 11.3 Å². The van der Waals surface area contributed by atoms with Crippen LogP contribution in [-0.4, -0.2) is 37.3 Å². The first-order valence-electron chi connectivity index (χ1n) is 9.16. The molecule has 4 heterocycles. The van der Waals surface area contributed by atoms with Gasteiger partial charge in [-0.3, -0.25) is 9.48 Å². The van der Waals surface area contributed by atoms with E-state index in [9.17, 15) is 4.79 Å². The number of aryl methyl sites for hydroxylation is 4. The Morgan fingerprint density at radius 3 is 2.78 bits per heavy atom. The Kier molecular flexibility index (Phi) is 4.59. The van der Waals surface area contributed by atoms with Gasteiger partial charge in [0, 0.05) is 25.9 Å². The molecular weight excluding hydrogens is 362 g/mol. The molecule has 0 aliphatic carbocycles. The number of carbonyl (C=O) groups is 1. The summed E-state index contributed by atoms with van der Waals surface area (Å²) in [6.45, 7) is 6.46. The fourth-order valence-corrected chi connectivity index (χ4v) is 4.63. The lowest BCUT2D eigenvalue weighted by Crippen LogP contribution is -2.38. The van der Waals surface area contributed by atoms with Crippen molar-refractivity contribution in [1.82, 2.24) is 24.8 Å². The smallest absolute Gasteiger partial charge is 0.266 e. The van der Waals surface area contributed by atoms with Crippen molar-refractivity contribution in [3.8, 4) is 11.3 Å². The molecule has 1 aliphatic heterocycles. The van der Waals surface area contributed by atoms with Gasteiger partial charge in [-0.05, 0) is 40.0 Å². The summed E-state index contributed by atoms with van der Waals surface area (Å²) in [6, 6.07) is 1.83. The minimum atomic E-state index is -0.0744. The highest BCUT2D eigenvalue weighted by Crippen LogP contribution is 2.37. The number of aromatic nitrogens is 4. The van der Waals surface area contributed by atoms with E-state index in [0.717, 1.165) is 58.3 Å². The van der Waals surface area contributed by atoms with Gasteiger partial charge >= 0.3 is 0 Å². The first-order chi connectivity index (χ1) is 12.9. The predicted molar refractivity (Wildman–Crippen MR) is 103 cm³/mol. The van der Waals surface area contributed by atoms with Crippen LogP contribution in [0.5, 0.6) is 0 Å². The van der Waals surface area contributed by atoms with Crippen molar-refractivity contribution in [2.45, 2.75) is 46.1 Å². The van der Waals surface area contributed by atoms with E-state index in [1.165, 1.54) is 11.3 Å². The highest BCUT2D eigenvalue weighted by atomic mass is 32.1. The molecule has 1 atom stereocenters. The van der Waals surface area contributed by atoms with Gasteiger partial charge in [0.2, 0.25) is 0 Å². The highest BCUT2D eigenvalue weighted by Gasteiger charge is 2.34. The van der Waals surface area contributed by atoms with Crippen LogP contribution in [0, 0.1) is 20.8 Å². The van der Waals surface area contributed by atoms with Crippen LogP contribution in [0.25, 0.3) is 11.3 Å². The first-order valence-corrected chi connectivity index (χ1v) is 9.98. The molecule has 0 spiro atoms. The first kappa shape index (κ1) is 17.9. The monoisotopic (exact) mass is 385 g/mol. The zero-order valence-electron chi connectivity index (χ0n) is 16.0. The quantitative estimate of drug-likeness (QED) is 0.685. The van der Waals surface area contributed by atoms with Gasteiger partial charge in [0.1, 0.15) is 4.88 Å². The van der Waals surface area contributed by atoms with Crippen LogP contribution in [0.4, 0.5) is 0 Å². The van der Waals surface area contributed by atoms with Crippen molar-refractivity contribution < 1.29 is 9.32 Å².